The summed E-state index contributed by atoms with van der Waals surface area (Å²) in [6, 6.07) is 22.6. The first kappa shape index (κ1) is 22.5. The standard InChI is InChI=1S/C26H23N5O3S/c1-3-23-28-29-26-31(23)30-25(35-26)19-11-14-22(33-2)21(15-19)27-24(32)18-9-12-20(13-10-18)34-16-17-7-5-4-6-8-17/h4-15H,3,16H2,1-2H3,(H,27,32). The van der Waals surface area contributed by atoms with E-state index in [1.807, 2.05) is 55.5 Å². The fourth-order valence-electron chi connectivity index (χ4n) is 3.57. The molecule has 0 atom stereocenters. The summed E-state index contributed by atoms with van der Waals surface area (Å²) in [6.07, 6.45) is 0.740. The number of carbonyl (C=O) groups excluding carboxylic acids is 1. The first-order chi connectivity index (χ1) is 17.1. The van der Waals surface area contributed by atoms with Crippen molar-refractivity contribution < 1.29 is 14.3 Å². The van der Waals surface area contributed by atoms with Crippen molar-refractivity contribution in [2.45, 2.75) is 20.0 Å². The van der Waals surface area contributed by atoms with Crippen molar-refractivity contribution >= 4 is 27.9 Å². The average molecular weight is 486 g/mol. The molecule has 35 heavy (non-hydrogen) atoms. The molecule has 0 bridgehead atoms. The molecule has 2 aromatic heterocycles. The number of hydrogen-bond acceptors (Lipinski definition) is 7. The Morgan fingerprint density at radius 1 is 1.03 bits per heavy atom. The summed E-state index contributed by atoms with van der Waals surface area (Å²) in [5.74, 6) is 1.81. The van der Waals surface area contributed by atoms with Gasteiger partial charge in [-0.3, -0.25) is 4.79 Å². The Morgan fingerprint density at radius 2 is 1.83 bits per heavy atom. The Kier molecular flexibility index (Phi) is 6.40. The van der Waals surface area contributed by atoms with Crippen molar-refractivity contribution in [3.63, 3.8) is 0 Å². The van der Waals surface area contributed by atoms with Crippen LogP contribution < -0.4 is 14.8 Å². The van der Waals surface area contributed by atoms with Crippen molar-refractivity contribution in [1.82, 2.24) is 19.8 Å². The predicted molar refractivity (Wildman–Crippen MR) is 135 cm³/mol. The maximum Gasteiger partial charge on any atom is 0.255 e. The molecule has 8 nitrogen and oxygen atoms in total. The van der Waals surface area contributed by atoms with Crippen LogP contribution in [-0.2, 0) is 13.0 Å². The average Bonchev–Trinajstić information content (AvgIpc) is 3.49. The molecule has 0 aliphatic carbocycles. The molecule has 1 amide bonds. The molecule has 0 saturated heterocycles. The number of fused-ring (bicyclic) bond motifs is 1. The van der Waals surface area contributed by atoms with E-state index in [1.54, 1.807) is 35.9 Å². The lowest BCUT2D eigenvalue weighted by Gasteiger charge is -2.12. The van der Waals surface area contributed by atoms with E-state index in [2.05, 4.69) is 20.6 Å². The van der Waals surface area contributed by atoms with Crippen molar-refractivity contribution in [2.75, 3.05) is 12.4 Å². The van der Waals surface area contributed by atoms with Crippen LogP contribution >= 0.6 is 11.3 Å². The van der Waals surface area contributed by atoms with Gasteiger partial charge >= 0.3 is 0 Å². The highest BCUT2D eigenvalue weighted by Crippen LogP contribution is 2.33. The first-order valence-corrected chi connectivity index (χ1v) is 11.9. The second-order valence-electron chi connectivity index (χ2n) is 7.74. The van der Waals surface area contributed by atoms with Crippen LogP contribution in [0.2, 0.25) is 0 Å². The molecule has 0 saturated carbocycles. The second-order valence-corrected chi connectivity index (χ2v) is 8.70. The number of methoxy groups -OCH3 is 1. The summed E-state index contributed by atoms with van der Waals surface area (Å²) >= 11 is 1.44. The molecule has 2 heterocycles. The third kappa shape index (κ3) is 4.85. The predicted octanol–water partition coefficient (Wildman–Crippen LogP) is 5.26. The molecule has 0 radical (unpaired) electrons. The third-order valence-corrected chi connectivity index (χ3v) is 6.38. The minimum absolute atomic E-state index is 0.249. The summed E-state index contributed by atoms with van der Waals surface area (Å²) < 4.78 is 13.0. The number of aryl methyl sites for hydroxylation is 1. The molecule has 1 N–H and O–H groups in total. The lowest BCUT2D eigenvalue weighted by Crippen LogP contribution is -2.12. The number of rotatable bonds is 8. The van der Waals surface area contributed by atoms with Gasteiger partial charge < -0.3 is 14.8 Å². The van der Waals surface area contributed by atoms with E-state index in [0.717, 1.165) is 33.3 Å². The Morgan fingerprint density at radius 3 is 2.57 bits per heavy atom. The lowest BCUT2D eigenvalue weighted by atomic mass is 10.1. The van der Waals surface area contributed by atoms with Crippen LogP contribution in [0.3, 0.4) is 0 Å². The van der Waals surface area contributed by atoms with Crippen molar-refractivity contribution in [2.24, 2.45) is 0 Å². The van der Waals surface area contributed by atoms with Crippen molar-refractivity contribution in [3.05, 3.63) is 89.7 Å². The number of aromatic nitrogens is 4. The zero-order valence-corrected chi connectivity index (χ0v) is 20.1. The molecule has 5 rings (SSSR count). The summed E-state index contributed by atoms with van der Waals surface area (Å²) in [5.41, 5.74) is 3.00. The van der Waals surface area contributed by atoms with Crippen LogP contribution in [0.15, 0.2) is 72.8 Å². The van der Waals surface area contributed by atoms with Gasteiger partial charge in [0, 0.05) is 17.5 Å². The minimum Gasteiger partial charge on any atom is -0.495 e. The minimum atomic E-state index is -0.249. The van der Waals surface area contributed by atoms with Gasteiger partial charge in [0.2, 0.25) is 4.96 Å². The molecular formula is C26H23N5O3S. The first-order valence-electron chi connectivity index (χ1n) is 11.1. The summed E-state index contributed by atoms with van der Waals surface area (Å²) in [7, 11) is 1.57. The van der Waals surface area contributed by atoms with Gasteiger partial charge in [-0.1, -0.05) is 48.6 Å². The molecule has 0 unspecified atom stereocenters. The molecule has 0 spiro atoms. The summed E-state index contributed by atoms with van der Waals surface area (Å²) in [6.45, 7) is 2.48. The number of carbonyl (C=O) groups is 1. The molecule has 0 fully saturated rings. The number of nitrogens with zero attached hydrogens (tertiary/aromatic N) is 4. The molecule has 0 aliphatic rings. The highest BCUT2D eigenvalue weighted by atomic mass is 32.1. The van der Waals surface area contributed by atoms with E-state index >= 15 is 0 Å². The number of amides is 1. The third-order valence-electron chi connectivity index (χ3n) is 5.43. The fourth-order valence-corrected chi connectivity index (χ4v) is 4.43. The van der Waals surface area contributed by atoms with Crippen LogP contribution in [0.25, 0.3) is 15.5 Å². The second kappa shape index (κ2) is 9.94. The lowest BCUT2D eigenvalue weighted by molar-refractivity contribution is 0.102. The zero-order chi connectivity index (χ0) is 24.2. The zero-order valence-electron chi connectivity index (χ0n) is 19.3. The Hall–Kier alpha value is -4.24. The fraction of sp³-hybridized carbons (Fsp3) is 0.154. The van der Waals surface area contributed by atoms with E-state index < -0.39 is 0 Å². The maximum atomic E-state index is 13.0. The summed E-state index contributed by atoms with van der Waals surface area (Å²) in [4.78, 5) is 13.7. The van der Waals surface area contributed by atoms with Crippen LogP contribution in [0.1, 0.15) is 28.7 Å². The van der Waals surface area contributed by atoms with Gasteiger partial charge in [0.1, 0.15) is 23.1 Å². The van der Waals surface area contributed by atoms with Crippen LogP contribution in [0, 0.1) is 0 Å². The molecule has 3 aromatic carbocycles. The molecule has 0 aliphatic heterocycles. The van der Waals surface area contributed by atoms with Crippen molar-refractivity contribution in [3.8, 4) is 22.1 Å². The Labute approximate surface area is 206 Å². The molecule has 176 valence electrons. The van der Waals surface area contributed by atoms with Gasteiger partial charge in [-0.2, -0.15) is 9.61 Å². The van der Waals surface area contributed by atoms with Crippen LogP contribution in [-0.4, -0.2) is 32.8 Å². The van der Waals surface area contributed by atoms with Gasteiger partial charge in [-0.05, 0) is 48.0 Å². The normalized spacial score (nSPS) is 10.9. The monoisotopic (exact) mass is 485 g/mol. The van der Waals surface area contributed by atoms with Gasteiger partial charge in [-0.15, -0.1) is 10.2 Å². The smallest absolute Gasteiger partial charge is 0.255 e. The highest BCUT2D eigenvalue weighted by Gasteiger charge is 2.15. The Bertz CT molecular complexity index is 1460. The van der Waals surface area contributed by atoms with Crippen molar-refractivity contribution in [1.29, 1.82) is 0 Å². The number of benzene rings is 3. The van der Waals surface area contributed by atoms with Crippen LogP contribution in [0.5, 0.6) is 11.5 Å². The van der Waals surface area contributed by atoms with Gasteiger partial charge in [0.15, 0.2) is 5.82 Å². The quantitative estimate of drug-likeness (QED) is 0.323. The molecule has 9 heteroatoms. The Balaban J connectivity index is 1.32. The number of nitrogens with one attached hydrogen (secondary N) is 1. The van der Waals surface area contributed by atoms with E-state index in [9.17, 15) is 4.79 Å². The van der Waals surface area contributed by atoms with E-state index in [0.29, 0.717) is 29.4 Å². The number of hydrogen-bond donors (Lipinski definition) is 1. The van der Waals surface area contributed by atoms with E-state index in [4.69, 9.17) is 9.47 Å². The van der Waals surface area contributed by atoms with E-state index in [-0.39, 0.29) is 5.91 Å². The SMILES string of the molecule is CCc1nnc2sc(-c3ccc(OC)c(NC(=O)c4ccc(OCc5ccccc5)cc4)c3)nn12. The largest absolute Gasteiger partial charge is 0.495 e. The molecular weight excluding hydrogens is 462 g/mol. The topological polar surface area (TPSA) is 90.6 Å². The van der Waals surface area contributed by atoms with Gasteiger partial charge in [-0.25, -0.2) is 0 Å². The van der Waals surface area contributed by atoms with Gasteiger partial charge in [0.25, 0.3) is 5.91 Å². The number of anilines is 1. The number of ether oxygens (including phenoxy) is 2. The maximum absolute atomic E-state index is 13.0. The molecule has 5 aromatic rings. The highest BCUT2D eigenvalue weighted by molar-refractivity contribution is 7.19. The van der Waals surface area contributed by atoms with Crippen LogP contribution in [0.4, 0.5) is 5.69 Å². The van der Waals surface area contributed by atoms with Gasteiger partial charge in [0.05, 0.1) is 12.8 Å². The van der Waals surface area contributed by atoms with E-state index in [1.165, 1.54) is 11.3 Å². The summed E-state index contributed by atoms with van der Waals surface area (Å²) in [5, 5.41) is 16.7.